The number of phosphoric acid groups is 2. The van der Waals surface area contributed by atoms with Crippen molar-refractivity contribution in [3.05, 3.63) is 71.8 Å². The lowest BCUT2D eigenvalue weighted by atomic mass is 9.45. The van der Waals surface area contributed by atoms with Gasteiger partial charge in [0.05, 0.1) is 25.4 Å². The van der Waals surface area contributed by atoms with Crippen LogP contribution >= 0.6 is 15.6 Å². The number of hydrogen-bond acceptors (Lipinski definition) is 7. The van der Waals surface area contributed by atoms with Crippen LogP contribution in [0.3, 0.4) is 0 Å². The fourth-order valence-corrected chi connectivity index (χ4v) is 20.2. The molecule has 8 aliphatic carbocycles. The maximum atomic E-state index is 15.3. The van der Waals surface area contributed by atoms with Crippen LogP contribution in [-0.2, 0) is 44.7 Å². The average molecular weight is 875 g/mol. The maximum absolute atomic E-state index is 15.3. The van der Waals surface area contributed by atoms with Gasteiger partial charge >= 0.3 is 15.6 Å². The molecule has 0 aromatic heterocycles. The van der Waals surface area contributed by atoms with Crippen LogP contribution in [0.15, 0.2) is 60.7 Å². The van der Waals surface area contributed by atoms with Crippen LogP contribution in [-0.4, -0.2) is 12.2 Å². The molecule has 0 bridgehead atoms. The Morgan fingerprint density at radius 2 is 0.918 bits per heavy atom. The van der Waals surface area contributed by atoms with Gasteiger partial charge in [-0.15, -0.1) is 0 Å². The Kier molecular flexibility index (Phi) is 12.0. The first-order valence-corrected chi connectivity index (χ1v) is 27.9. The lowest BCUT2D eigenvalue weighted by Gasteiger charge is -2.60. The predicted octanol–water partition coefficient (Wildman–Crippen LogP) is 15.3. The van der Waals surface area contributed by atoms with E-state index in [-0.39, 0.29) is 36.3 Å². The quantitative estimate of drug-likeness (QED) is 0.197. The molecule has 7 nitrogen and oxygen atoms in total. The van der Waals surface area contributed by atoms with Crippen LogP contribution in [0.5, 0.6) is 0 Å². The molecule has 0 saturated heterocycles. The molecule has 0 aliphatic heterocycles. The van der Waals surface area contributed by atoms with Gasteiger partial charge in [0.25, 0.3) is 0 Å². The van der Waals surface area contributed by atoms with Gasteiger partial charge in [0.2, 0.25) is 0 Å². The number of fused-ring (bicyclic) bond motifs is 10. The van der Waals surface area contributed by atoms with Gasteiger partial charge < -0.3 is 0 Å². The molecule has 2 aromatic carbocycles. The van der Waals surface area contributed by atoms with Crippen molar-refractivity contribution in [1.82, 2.24) is 0 Å². The molecule has 2 unspecified atom stereocenters. The molecule has 0 spiro atoms. The highest BCUT2D eigenvalue weighted by Crippen LogP contribution is 2.72. The molecule has 8 saturated carbocycles. The monoisotopic (exact) mass is 875 g/mol. The van der Waals surface area contributed by atoms with E-state index in [0.29, 0.717) is 22.7 Å². The van der Waals surface area contributed by atoms with Crippen molar-refractivity contribution in [2.45, 2.75) is 182 Å². The second-order valence-corrected chi connectivity index (χ2v) is 26.4. The number of phosphoric ester groups is 2. The molecule has 0 radical (unpaired) electrons. The van der Waals surface area contributed by atoms with Gasteiger partial charge in [-0.25, -0.2) is 9.13 Å². The van der Waals surface area contributed by atoms with E-state index in [1.807, 2.05) is 60.7 Å². The summed E-state index contributed by atoms with van der Waals surface area (Å²) in [6.07, 6.45) is 23.3. The minimum atomic E-state index is -4.48. The summed E-state index contributed by atoms with van der Waals surface area (Å²) in [7, 11) is -8.96. The summed E-state index contributed by atoms with van der Waals surface area (Å²) in [4.78, 5) is 0. The van der Waals surface area contributed by atoms with Crippen LogP contribution in [0.4, 0.5) is 0 Å². The molecule has 8 fully saturated rings. The Morgan fingerprint density at radius 3 is 1.34 bits per heavy atom. The fourth-order valence-electron chi connectivity index (χ4n) is 16.7. The van der Waals surface area contributed by atoms with Crippen molar-refractivity contribution in [2.24, 2.45) is 69.0 Å². The molecular formula is C52H76O7P2. The van der Waals surface area contributed by atoms with E-state index in [0.717, 1.165) is 85.2 Å². The summed E-state index contributed by atoms with van der Waals surface area (Å²) in [5, 5.41) is 0. The molecule has 9 heteroatoms. The van der Waals surface area contributed by atoms with Gasteiger partial charge in [0.15, 0.2) is 0 Å². The van der Waals surface area contributed by atoms with E-state index in [1.54, 1.807) is 0 Å². The smallest absolute Gasteiger partial charge is 0.283 e. The predicted molar refractivity (Wildman–Crippen MR) is 241 cm³/mol. The number of rotatable bonds is 12. The first-order valence-electron chi connectivity index (χ1n) is 24.9. The molecule has 0 amide bonds. The largest absolute Gasteiger partial charge is 0.484 e. The van der Waals surface area contributed by atoms with Crippen molar-refractivity contribution >= 4 is 15.6 Å². The summed E-state index contributed by atoms with van der Waals surface area (Å²) in [5.41, 5.74) is 3.25. The lowest BCUT2D eigenvalue weighted by molar-refractivity contribution is -0.122. The fraction of sp³-hybridized carbons (Fsp3) is 0.769. The standard InChI is InChI=1S/C52H76O7P2/c1-49-27-11-17-45(49)43-21-19-39-33-41(23-31-51(39,3)47(43)25-29-49)57-60(53,55-35-37-13-7-5-8-14-37)59-61(54,56-36-38-15-9-6-10-16-38)58-42-24-32-52(4)40(34-42)20-22-44-46-18-12-28-50(46,2)30-26-48(44)52/h5-10,13-16,39-48H,11-12,17-36H2,1-4H3/t39-,40-,41+,42+,43-,44-,45-,46-,47-,48-,49-,50-,51-,52-,60?,61?/m0/s1. The van der Waals surface area contributed by atoms with Crippen LogP contribution in [0.2, 0.25) is 0 Å². The second kappa shape index (κ2) is 16.8. The summed E-state index contributed by atoms with van der Waals surface area (Å²) in [5.74, 6) is 5.84. The minimum Gasteiger partial charge on any atom is -0.283 e. The third kappa shape index (κ3) is 8.31. The SMILES string of the molecule is C[C@@]12CCC[C@H]1[C@@H]1CC[C@H]3C[C@H](OP(=O)(OCc4ccccc4)OP(=O)(OCc4ccccc4)O[C@@H]4CC[C@@]5(C)[C@@H](CC[C@H]6[C@@H]7CCC[C@@]7(C)CC[C@@H]65)C4)CC[C@]3(C)[C@H]1CC2. The van der Waals surface area contributed by atoms with Gasteiger partial charge in [0, 0.05) is 0 Å². The van der Waals surface area contributed by atoms with E-state index >= 15 is 9.13 Å². The van der Waals surface area contributed by atoms with E-state index in [4.69, 9.17) is 22.4 Å². The topological polar surface area (TPSA) is 80.3 Å². The van der Waals surface area contributed by atoms with E-state index < -0.39 is 15.6 Å². The van der Waals surface area contributed by atoms with Crippen LogP contribution in [0.1, 0.15) is 167 Å². The Balaban J connectivity index is 0.871. The first kappa shape index (κ1) is 43.6. The van der Waals surface area contributed by atoms with E-state index in [9.17, 15) is 0 Å². The lowest BCUT2D eigenvalue weighted by Crippen LogP contribution is -2.53. The molecule has 0 N–H and O–H groups in total. The zero-order chi connectivity index (χ0) is 42.1. The normalized spacial score (nSPS) is 44.9. The van der Waals surface area contributed by atoms with Crippen molar-refractivity contribution < 1.29 is 31.5 Å². The van der Waals surface area contributed by atoms with Crippen LogP contribution in [0.25, 0.3) is 0 Å². The highest BCUT2D eigenvalue weighted by molar-refractivity contribution is 7.62. The third-order valence-corrected chi connectivity index (χ3v) is 23.6. The van der Waals surface area contributed by atoms with Crippen LogP contribution in [0, 0.1) is 69.0 Å². The summed E-state index contributed by atoms with van der Waals surface area (Å²) < 4.78 is 62.7. The summed E-state index contributed by atoms with van der Waals surface area (Å²) in [6, 6.07) is 19.4. The zero-order valence-electron chi connectivity index (χ0n) is 37.9. The highest BCUT2D eigenvalue weighted by atomic mass is 31.3. The van der Waals surface area contributed by atoms with Crippen molar-refractivity contribution in [2.75, 3.05) is 0 Å². The van der Waals surface area contributed by atoms with Gasteiger partial charge in [-0.2, -0.15) is 4.31 Å². The number of benzene rings is 2. The zero-order valence-corrected chi connectivity index (χ0v) is 39.6. The molecule has 0 heterocycles. The van der Waals surface area contributed by atoms with Crippen LogP contribution < -0.4 is 0 Å². The Bertz CT molecular complexity index is 1810. The molecule has 10 rings (SSSR count). The van der Waals surface area contributed by atoms with E-state index in [1.165, 1.54) is 89.9 Å². The number of hydrogen-bond donors (Lipinski definition) is 0. The second-order valence-electron chi connectivity index (χ2n) is 23.0. The Morgan fingerprint density at radius 1 is 0.492 bits per heavy atom. The Labute approximate surface area is 368 Å². The minimum absolute atomic E-state index is 0.00102. The molecule has 16 atom stereocenters. The van der Waals surface area contributed by atoms with Crippen molar-refractivity contribution in [1.29, 1.82) is 0 Å². The van der Waals surface area contributed by atoms with Gasteiger partial charge in [-0.1, -0.05) is 101 Å². The van der Waals surface area contributed by atoms with Gasteiger partial charge in [-0.3, -0.25) is 18.1 Å². The third-order valence-electron chi connectivity index (χ3n) is 20.0. The highest BCUT2D eigenvalue weighted by Gasteiger charge is 2.60. The molecule has 8 aliphatic rings. The maximum Gasteiger partial charge on any atom is 0.484 e. The molecule has 61 heavy (non-hydrogen) atoms. The van der Waals surface area contributed by atoms with Gasteiger partial charge in [-0.05, 0) is 196 Å². The summed E-state index contributed by atoms with van der Waals surface area (Å²) in [6.45, 7) is 10.3. The van der Waals surface area contributed by atoms with Gasteiger partial charge in [0.1, 0.15) is 0 Å². The average Bonchev–Trinajstić information content (AvgIpc) is 3.86. The molecule has 2 aromatic rings. The van der Waals surface area contributed by atoms with Crippen molar-refractivity contribution in [3.63, 3.8) is 0 Å². The summed E-state index contributed by atoms with van der Waals surface area (Å²) >= 11 is 0. The van der Waals surface area contributed by atoms with Crippen molar-refractivity contribution in [3.8, 4) is 0 Å². The Hall–Kier alpha value is -1.30. The molecular weight excluding hydrogens is 799 g/mol. The first-order chi connectivity index (χ1) is 29.3. The van der Waals surface area contributed by atoms with E-state index in [2.05, 4.69) is 27.7 Å². The molecule has 336 valence electrons.